The third kappa shape index (κ3) is 4.09. The van der Waals surface area contributed by atoms with Crippen LogP contribution in [0.15, 0.2) is 12.3 Å². The van der Waals surface area contributed by atoms with Crippen LogP contribution < -0.4 is 8.37 Å². The molecule has 0 spiro atoms. The Labute approximate surface area is 117 Å². The van der Waals surface area contributed by atoms with E-state index in [0.29, 0.717) is 12.3 Å². The number of halogens is 6. The summed E-state index contributed by atoms with van der Waals surface area (Å²) in [6.45, 7) is 0. The van der Waals surface area contributed by atoms with Crippen LogP contribution in [0.25, 0.3) is 0 Å². The van der Waals surface area contributed by atoms with Crippen LogP contribution >= 0.6 is 0 Å². The van der Waals surface area contributed by atoms with Gasteiger partial charge in [-0.15, -0.1) is 0 Å². The molecule has 0 unspecified atom stereocenters. The maximum atomic E-state index is 12.0. The predicted molar refractivity (Wildman–Crippen MR) is 53.2 cm³/mol. The summed E-state index contributed by atoms with van der Waals surface area (Å²) in [7, 11) is -12.3. The third-order valence-electron chi connectivity index (χ3n) is 1.55. The van der Waals surface area contributed by atoms with Crippen molar-refractivity contribution in [2.24, 2.45) is 0 Å². The van der Waals surface area contributed by atoms with Crippen molar-refractivity contribution in [2.75, 3.05) is 0 Å². The smallest absolute Gasteiger partial charge is 0.355 e. The van der Waals surface area contributed by atoms with E-state index in [2.05, 4.69) is 18.3 Å². The molecule has 0 aliphatic rings. The van der Waals surface area contributed by atoms with E-state index >= 15 is 0 Å². The molecule has 0 saturated carbocycles. The van der Waals surface area contributed by atoms with E-state index in [0.717, 1.165) is 0 Å². The molecule has 0 saturated heterocycles. The van der Waals surface area contributed by atoms with Crippen molar-refractivity contribution < 1.29 is 51.5 Å². The van der Waals surface area contributed by atoms with Crippen molar-refractivity contribution in [1.29, 1.82) is 0 Å². The van der Waals surface area contributed by atoms with Gasteiger partial charge in [0.25, 0.3) is 0 Å². The van der Waals surface area contributed by atoms with Crippen molar-refractivity contribution >= 4 is 20.2 Å². The molecule has 0 radical (unpaired) electrons. The zero-order valence-electron chi connectivity index (χ0n) is 9.58. The van der Waals surface area contributed by atoms with Gasteiger partial charge in [0.1, 0.15) is 0 Å². The molecule has 0 amide bonds. The molecule has 126 valence electrons. The van der Waals surface area contributed by atoms with Gasteiger partial charge in [-0.05, 0) is 0 Å². The molecular formula is C6H2F6N2O6S2. The Morgan fingerprint density at radius 3 is 1.77 bits per heavy atom. The summed E-state index contributed by atoms with van der Waals surface area (Å²) in [5.74, 6) is -1.40. The lowest BCUT2D eigenvalue weighted by Crippen LogP contribution is -2.29. The molecule has 0 aliphatic heterocycles. The first-order valence-corrected chi connectivity index (χ1v) is 7.32. The first kappa shape index (κ1) is 18.2. The standard InChI is InChI=1S/C6H2F6N2O6S2/c7-5(8,9)21(15,16)19-3-1-2-13-4(14-3)20-22(17,18)6(10,11)12/h1-2H. The fraction of sp³-hybridized carbons (Fsp3) is 0.333. The van der Waals surface area contributed by atoms with E-state index in [1.165, 1.54) is 0 Å². The summed E-state index contributed by atoms with van der Waals surface area (Å²) < 4.78 is 121. The second-order valence-corrected chi connectivity index (χ2v) is 6.22. The Bertz CT molecular complexity index is 693. The van der Waals surface area contributed by atoms with Gasteiger partial charge in [0.05, 0.1) is 0 Å². The zero-order chi connectivity index (χ0) is 17.4. The van der Waals surface area contributed by atoms with E-state index in [9.17, 15) is 43.2 Å². The largest absolute Gasteiger partial charge is 0.534 e. The average Bonchev–Trinajstić information content (AvgIpc) is 2.24. The van der Waals surface area contributed by atoms with Gasteiger partial charge in [-0.2, -0.15) is 48.2 Å². The Balaban J connectivity index is 3.08. The lowest BCUT2D eigenvalue weighted by molar-refractivity contribution is -0.0503. The first-order chi connectivity index (χ1) is 9.66. The van der Waals surface area contributed by atoms with Gasteiger partial charge in [0.2, 0.25) is 5.88 Å². The van der Waals surface area contributed by atoms with Crippen LogP contribution in [0.1, 0.15) is 0 Å². The highest BCUT2D eigenvalue weighted by Crippen LogP contribution is 2.28. The number of alkyl halides is 6. The van der Waals surface area contributed by atoms with E-state index in [4.69, 9.17) is 0 Å². The first-order valence-electron chi connectivity index (χ1n) is 4.50. The van der Waals surface area contributed by atoms with Crippen LogP contribution in [-0.2, 0) is 20.2 Å². The van der Waals surface area contributed by atoms with Crippen LogP contribution in [0, 0.1) is 0 Å². The van der Waals surface area contributed by atoms with Gasteiger partial charge in [-0.25, -0.2) is 4.98 Å². The molecule has 0 atom stereocenters. The van der Waals surface area contributed by atoms with E-state index in [1.54, 1.807) is 0 Å². The maximum Gasteiger partial charge on any atom is 0.534 e. The Hall–Kier alpha value is -1.84. The van der Waals surface area contributed by atoms with Gasteiger partial charge in [0.15, 0.2) is 0 Å². The minimum atomic E-state index is -6.19. The van der Waals surface area contributed by atoms with Gasteiger partial charge in [-0.1, -0.05) is 0 Å². The molecule has 1 heterocycles. The monoisotopic (exact) mass is 376 g/mol. The molecule has 1 aromatic rings. The summed E-state index contributed by atoms with van der Waals surface area (Å²) in [5, 5.41) is 0. The van der Waals surface area contributed by atoms with Gasteiger partial charge < -0.3 is 8.37 Å². The topological polar surface area (TPSA) is 113 Å². The quantitative estimate of drug-likeness (QED) is 0.433. The highest BCUT2D eigenvalue weighted by molar-refractivity contribution is 7.88. The predicted octanol–water partition coefficient (Wildman–Crippen LogP) is 0.933. The Kier molecular flexibility index (Phi) is 4.48. The van der Waals surface area contributed by atoms with Crippen LogP contribution in [0.3, 0.4) is 0 Å². The van der Waals surface area contributed by atoms with Crippen molar-refractivity contribution in [1.82, 2.24) is 9.97 Å². The number of rotatable bonds is 4. The zero-order valence-corrected chi connectivity index (χ0v) is 11.2. The van der Waals surface area contributed by atoms with Crippen molar-refractivity contribution in [3.8, 4) is 11.9 Å². The minimum Gasteiger partial charge on any atom is -0.355 e. The number of aromatic nitrogens is 2. The minimum absolute atomic E-state index is 0.412. The van der Waals surface area contributed by atoms with Crippen LogP contribution in [0.5, 0.6) is 11.9 Å². The Morgan fingerprint density at radius 2 is 1.32 bits per heavy atom. The lowest BCUT2D eigenvalue weighted by Gasteiger charge is -2.10. The molecule has 16 heteroatoms. The highest BCUT2D eigenvalue weighted by atomic mass is 32.2. The molecule has 0 N–H and O–H groups in total. The van der Waals surface area contributed by atoms with Crippen molar-refractivity contribution in [3.05, 3.63) is 12.3 Å². The summed E-state index contributed by atoms with van der Waals surface area (Å²) in [6, 6.07) is -1.18. The second kappa shape index (κ2) is 5.41. The summed E-state index contributed by atoms with van der Waals surface area (Å²) >= 11 is 0. The highest BCUT2D eigenvalue weighted by Gasteiger charge is 2.50. The van der Waals surface area contributed by atoms with E-state index in [1.807, 2.05) is 0 Å². The molecule has 1 rings (SSSR count). The van der Waals surface area contributed by atoms with Gasteiger partial charge in [0, 0.05) is 12.3 Å². The molecule has 8 nitrogen and oxygen atoms in total. The molecule has 22 heavy (non-hydrogen) atoms. The molecule has 1 aromatic heterocycles. The summed E-state index contributed by atoms with van der Waals surface area (Å²) in [6.07, 6.45) is 0.412. The number of hydrogen-bond donors (Lipinski definition) is 0. The van der Waals surface area contributed by atoms with Gasteiger partial charge in [-0.3, -0.25) is 0 Å². The van der Waals surface area contributed by atoms with Gasteiger partial charge >= 0.3 is 37.3 Å². The van der Waals surface area contributed by atoms with E-state index < -0.39 is 43.1 Å². The number of nitrogens with zero attached hydrogens (tertiary/aromatic N) is 2. The molecule has 0 aromatic carbocycles. The van der Waals surface area contributed by atoms with Crippen LogP contribution in [0.2, 0.25) is 0 Å². The van der Waals surface area contributed by atoms with E-state index in [-0.39, 0.29) is 0 Å². The average molecular weight is 376 g/mol. The van der Waals surface area contributed by atoms with Crippen molar-refractivity contribution in [3.63, 3.8) is 0 Å². The second-order valence-electron chi connectivity index (χ2n) is 3.14. The molecular weight excluding hydrogens is 374 g/mol. The fourth-order valence-corrected chi connectivity index (χ4v) is 1.50. The van der Waals surface area contributed by atoms with Crippen molar-refractivity contribution in [2.45, 2.75) is 11.0 Å². The summed E-state index contributed by atoms with van der Waals surface area (Å²) in [4.78, 5) is 5.52. The SMILES string of the molecule is O=S(=O)(Oc1ccnc(OS(=O)(=O)C(F)(F)F)n1)C(F)(F)F. The lowest BCUT2D eigenvalue weighted by atomic mass is 10.6. The summed E-state index contributed by atoms with van der Waals surface area (Å²) in [5.41, 5.74) is -11.7. The maximum absolute atomic E-state index is 12.0. The number of hydrogen-bond acceptors (Lipinski definition) is 8. The molecule has 0 aliphatic carbocycles. The van der Waals surface area contributed by atoms with Crippen LogP contribution in [-0.4, -0.2) is 37.8 Å². The molecule has 0 bridgehead atoms. The fourth-order valence-electron chi connectivity index (χ4n) is 0.717. The molecule has 0 fully saturated rings. The third-order valence-corrected chi connectivity index (χ3v) is 3.45. The Morgan fingerprint density at radius 1 is 0.864 bits per heavy atom. The normalized spacial score (nSPS) is 13.7. The van der Waals surface area contributed by atoms with Crippen LogP contribution in [0.4, 0.5) is 26.3 Å².